The van der Waals surface area contributed by atoms with Crippen molar-refractivity contribution in [1.29, 1.82) is 0 Å². The highest BCUT2D eigenvalue weighted by atomic mass is 32.1. The van der Waals surface area contributed by atoms with Crippen LogP contribution < -0.4 is 0 Å². The van der Waals surface area contributed by atoms with Gasteiger partial charge in [-0.1, -0.05) is 13.8 Å². The van der Waals surface area contributed by atoms with Crippen LogP contribution in [0.2, 0.25) is 0 Å². The summed E-state index contributed by atoms with van der Waals surface area (Å²) in [6.07, 6.45) is 4.16. The second-order valence-electron chi connectivity index (χ2n) is 3.36. The number of rotatable bonds is 2. The first kappa shape index (κ1) is 6.47. The van der Waals surface area contributed by atoms with Crippen molar-refractivity contribution < 1.29 is 0 Å². The van der Waals surface area contributed by atoms with Crippen molar-refractivity contribution in [2.75, 3.05) is 0 Å². The maximum Gasteiger partial charge on any atom is -0.000641 e. The lowest BCUT2D eigenvalue weighted by Gasteiger charge is -2.08. The average molecular weight is 130 g/mol. The van der Waals surface area contributed by atoms with E-state index >= 15 is 0 Å². The Morgan fingerprint density at radius 2 is 2.12 bits per heavy atom. The standard InChI is InChI=1S/C7H14S/c1-6(8)5-7(2)3-4-7/h6,8H,3-5H2,1-2H3. The van der Waals surface area contributed by atoms with E-state index in [2.05, 4.69) is 26.5 Å². The zero-order valence-corrected chi connectivity index (χ0v) is 6.54. The van der Waals surface area contributed by atoms with Crippen molar-refractivity contribution >= 4 is 12.6 Å². The van der Waals surface area contributed by atoms with Crippen LogP contribution in [0.3, 0.4) is 0 Å². The average Bonchev–Trinajstić information content (AvgIpc) is 2.17. The van der Waals surface area contributed by atoms with Gasteiger partial charge in [0.15, 0.2) is 0 Å². The van der Waals surface area contributed by atoms with Crippen molar-refractivity contribution in [3.63, 3.8) is 0 Å². The van der Waals surface area contributed by atoms with Gasteiger partial charge in [-0.3, -0.25) is 0 Å². The molecule has 1 heteroatoms. The second-order valence-corrected chi connectivity index (χ2v) is 4.25. The number of hydrogen-bond donors (Lipinski definition) is 1. The summed E-state index contributed by atoms with van der Waals surface area (Å²) < 4.78 is 0. The van der Waals surface area contributed by atoms with Crippen molar-refractivity contribution in [3.05, 3.63) is 0 Å². The third-order valence-corrected chi connectivity index (χ3v) is 2.07. The van der Waals surface area contributed by atoms with Gasteiger partial charge in [-0.15, -0.1) is 0 Å². The zero-order valence-electron chi connectivity index (χ0n) is 5.65. The highest BCUT2D eigenvalue weighted by molar-refractivity contribution is 7.80. The van der Waals surface area contributed by atoms with E-state index in [0.29, 0.717) is 10.7 Å². The molecular weight excluding hydrogens is 116 g/mol. The fourth-order valence-electron chi connectivity index (χ4n) is 1.13. The minimum absolute atomic E-state index is 0.600. The smallest absolute Gasteiger partial charge is 0.000641 e. The lowest BCUT2D eigenvalue weighted by atomic mass is 10.0. The van der Waals surface area contributed by atoms with Gasteiger partial charge < -0.3 is 0 Å². The molecule has 0 heterocycles. The SMILES string of the molecule is CC(S)CC1(C)CC1. The third kappa shape index (κ3) is 1.70. The van der Waals surface area contributed by atoms with E-state index in [-0.39, 0.29) is 0 Å². The van der Waals surface area contributed by atoms with Crippen LogP contribution in [0.5, 0.6) is 0 Å². The molecule has 1 saturated carbocycles. The number of hydrogen-bond acceptors (Lipinski definition) is 1. The molecule has 0 aliphatic heterocycles. The van der Waals surface area contributed by atoms with E-state index < -0.39 is 0 Å². The summed E-state index contributed by atoms with van der Waals surface area (Å²) in [5, 5.41) is 0.600. The molecule has 0 aromatic rings. The molecule has 0 radical (unpaired) electrons. The van der Waals surface area contributed by atoms with Crippen molar-refractivity contribution in [1.82, 2.24) is 0 Å². The molecule has 8 heavy (non-hydrogen) atoms. The molecule has 0 amide bonds. The van der Waals surface area contributed by atoms with Gasteiger partial charge in [-0.25, -0.2) is 0 Å². The van der Waals surface area contributed by atoms with E-state index in [9.17, 15) is 0 Å². The molecular formula is C7H14S. The van der Waals surface area contributed by atoms with Gasteiger partial charge in [0.2, 0.25) is 0 Å². The van der Waals surface area contributed by atoms with E-state index in [4.69, 9.17) is 0 Å². The van der Waals surface area contributed by atoms with E-state index in [1.807, 2.05) is 0 Å². The fourth-order valence-corrected chi connectivity index (χ4v) is 1.57. The molecule has 1 aliphatic carbocycles. The molecule has 48 valence electrons. The van der Waals surface area contributed by atoms with E-state index in [1.54, 1.807) is 0 Å². The summed E-state index contributed by atoms with van der Waals surface area (Å²) in [5.74, 6) is 0. The maximum absolute atomic E-state index is 4.33. The molecule has 0 N–H and O–H groups in total. The predicted octanol–water partition coefficient (Wildman–Crippen LogP) is 2.49. The van der Waals surface area contributed by atoms with Gasteiger partial charge in [0.25, 0.3) is 0 Å². The molecule has 1 unspecified atom stereocenters. The summed E-state index contributed by atoms with van der Waals surface area (Å²) in [4.78, 5) is 0. The molecule has 0 aromatic carbocycles. The van der Waals surface area contributed by atoms with Crippen LogP contribution in [0.25, 0.3) is 0 Å². The predicted molar refractivity (Wildman–Crippen MR) is 40.4 cm³/mol. The minimum atomic E-state index is 0.600. The lowest BCUT2D eigenvalue weighted by molar-refractivity contribution is 0.519. The molecule has 0 nitrogen and oxygen atoms in total. The van der Waals surface area contributed by atoms with Crippen molar-refractivity contribution in [2.24, 2.45) is 5.41 Å². The molecule has 0 bridgehead atoms. The van der Waals surface area contributed by atoms with Gasteiger partial charge in [0.05, 0.1) is 0 Å². The van der Waals surface area contributed by atoms with Gasteiger partial charge in [0, 0.05) is 0 Å². The normalized spacial score (nSPS) is 27.4. The first-order chi connectivity index (χ1) is 3.62. The quantitative estimate of drug-likeness (QED) is 0.545. The van der Waals surface area contributed by atoms with Crippen molar-refractivity contribution in [3.8, 4) is 0 Å². The van der Waals surface area contributed by atoms with Crippen molar-refractivity contribution in [2.45, 2.75) is 38.4 Å². The molecule has 1 atom stereocenters. The zero-order chi connectivity index (χ0) is 6.20. The third-order valence-electron chi connectivity index (χ3n) is 1.89. The summed E-state index contributed by atoms with van der Waals surface area (Å²) in [6, 6.07) is 0. The van der Waals surface area contributed by atoms with Crippen LogP contribution in [-0.4, -0.2) is 5.25 Å². The Morgan fingerprint density at radius 3 is 2.25 bits per heavy atom. The van der Waals surface area contributed by atoms with Crippen LogP contribution >= 0.6 is 12.6 Å². The van der Waals surface area contributed by atoms with Gasteiger partial charge in [-0.05, 0) is 29.9 Å². The van der Waals surface area contributed by atoms with Crippen LogP contribution in [0.1, 0.15) is 33.1 Å². The Bertz CT molecular complexity index is 82.4. The van der Waals surface area contributed by atoms with Crippen LogP contribution in [0, 0.1) is 5.41 Å². The maximum atomic E-state index is 4.33. The van der Waals surface area contributed by atoms with Gasteiger partial charge in [0.1, 0.15) is 0 Å². The fraction of sp³-hybridized carbons (Fsp3) is 1.00. The first-order valence-electron chi connectivity index (χ1n) is 3.30. The highest BCUT2D eigenvalue weighted by Gasteiger charge is 2.37. The van der Waals surface area contributed by atoms with E-state index in [1.165, 1.54) is 19.3 Å². The van der Waals surface area contributed by atoms with E-state index in [0.717, 1.165) is 0 Å². The summed E-state index contributed by atoms with van der Waals surface area (Å²) in [6.45, 7) is 4.52. The Kier molecular flexibility index (Phi) is 1.57. The Labute approximate surface area is 57.1 Å². The summed E-state index contributed by atoms with van der Waals surface area (Å²) in [5.41, 5.74) is 0.696. The van der Waals surface area contributed by atoms with Crippen LogP contribution in [0.4, 0.5) is 0 Å². The Balaban J connectivity index is 2.19. The Hall–Kier alpha value is 0.350. The topological polar surface area (TPSA) is 0 Å². The largest absolute Gasteiger partial charge is 0.176 e. The molecule has 0 spiro atoms. The molecule has 0 saturated heterocycles. The monoisotopic (exact) mass is 130 g/mol. The van der Waals surface area contributed by atoms with Gasteiger partial charge >= 0.3 is 0 Å². The highest BCUT2D eigenvalue weighted by Crippen LogP contribution is 2.49. The summed E-state index contributed by atoms with van der Waals surface area (Å²) in [7, 11) is 0. The second kappa shape index (κ2) is 1.94. The van der Waals surface area contributed by atoms with Crippen LogP contribution in [0.15, 0.2) is 0 Å². The molecule has 1 fully saturated rings. The molecule has 1 rings (SSSR count). The Morgan fingerprint density at radius 1 is 1.62 bits per heavy atom. The molecule has 1 aliphatic rings. The number of thiol groups is 1. The summed E-state index contributed by atoms with van der Waals surface area (Å²) >= 11 is 4.33. The first-order valence-corrected chi connectivity index (χ1v) is 3.82. The van der Waals surface area contributed by atoms with Crippen LogP contribution in [-0.2, 0) is 0 Å². The van der Waals surface area contributed by atoms with Gasteiger partial charge in [-0.2, -0.15) is 12.6 Å². The minimum Gasteiger partial charge on any atom is -0.176 e. The lowest BCUT2D eigenvalue weighted by Crippen LogP contribution is -2.00. The molecule has 0 aromatic heterocycles.